The molecule has 0 aromatic heterocycles. The van der Waals surface area contributed by atoms with Crippen LogP contribution in [0.25, 0.3) is 0 Å². The zero-order valence-electron chi connectivity index (χ0n) is 12.5. The zero-order chi connectivity index (χ0) is 15.7. The normalized spacial score (nSPS) is 29.7. The van der Waals surface area contributed by atoms with Crippen LogP contribution in [0.1, 0.15) is 30.9 Å². The summed E-state index contributed by atoms with van der Waals surface area (Å²) in [4.78, 5) is 2.22. The van der Waals surface area contributed by atoms with Crippen molar-refractivity contribution in [1.29, 1.82) is 0 Å². The second kappa shape index (κ2) is 6.26. The third kappa shape index (κ3) is 3.67. The average Bonchev–Trinajstić information content (AvgIpc) is 2.83. The number of halogens is 1. The molecule has 3 rings (SSSR count). The van der Waals surface area contributed by atoms with E-state index in [1.54, 1.807) is 12.1 Å². The van der Waals surface area contributed by atoms with Crippen LogP contribution in [0, 0.1) is 11.7 Å². The number of β-amino-alcohol motifs (C(OH)–C–C–N with tert-alkyl or cyclic N) is 1. The molecule has 122 valence electrons. The maximum Gasteiger partial charge on any atom is 0.150 e. The third-order valence-electron chi connectivity index (χ3n) is 4.80. The number of nitrogens with zero attached hydrogens (tertiary/aromatic N) is 1. The van der Waals surface area contributed by atoms with Crippen molar-refractivity contribution in [2.45, 2.75) is 31.4 Å². The van der Waals surface area contributed by atoms with E-state index >= 15 is 0 Å². The molecule has 0 radical (unpaired) electrons. The highest BCUT2D eigenvalue weighted by molar-refractivity contribution is 7.91. The van der Waals surface area contributed by atoms with Crippen molar-refractivity contribution in [1.82, 2.24) is 4.90 Å². The Morgan fingerprint density at radius 2 is 1.82 bits per heavy atom. The first kappa shape index (κ1) is 15.9. The van der Waals surface area contributed by atoms with E-state index in [9.17, 15) is 17.9 Å². The average molecular weight is 327 g/mol. The molecule has 22 heavy (non-hydrogen) atoms. The van der Waals surface area contributed by atoms with E-state index in [4.69, 9.17) is 0 Å². The molecule has 4 nitrogen and oxygen atoms in total. The molecule has 0 amide bonds. The molecule has 2 aliphatic rings. The summed E-state index contributed by atoms with van der Waals surface area (Å²) in [5.41, 5.74) is 1.02. The lowest BCUT2D eigenvalue weighted by Crippen LogP contribution is -2.34. The maximum atomic E-state index is 13.1. The van der Waals surface area contributed by atoms with Gasteiger partial charge in [0.15, 0.2) is 0 Å². The van der Waals surface area contributed by atoms with Gasteiger partial charge in [-0.05, 0) is 42.9 Å². The molecule has 2 saturated heterocycles. The highest BCUT2D eigenvalue weighted by Crippen LogP contribution is 2.34. The van der Waals surface area contributed by atoms with E-state index in [1.807, 2.05) is 0 Å². The van der Waals surface area contributed by atoms with Gasteiger partial charge in [0.2, 0.25) is 0 Å². The summed E-state index contributed by atoms with van der Waals surface area (Å²) in [6.07, 6.45) is 1.68. The van der Waals surface area contributed by atoms with Crippen molar-refractivity contribution in [2.24, 2.45) is 5.92 Å². The van der Waals surface area contributed by atoms with E-state index in [1.165, 1.54) is 12.1 Å². The molecule has 2 aliphatic heterocycles. The van der Waals surface area contributed by atoms with Crippen LogP contribution in [0.2, 0.25) is 0 Å². The monoisotopic (exact) mass is 327 g/mol. The number of sulfone groups is 1. The Morgan fingerprint density at radius 1 is 1.18 bits per heavy atom. The lowest BCUT2D eigenvalue weighted by molar-refractivity contribution is 0.163. The maximum absolute atomic E-state index is 13.1. The van der Waals surface area contributed by atoms with Crippen LogP contribution in [-0.2, 0) is 9.84 Å². The number of hydrogen-bond acceptors (Lipinski definition) is 4. The zero-order valence-corrected chi connectivity index (χ0v) is 13.3. The standard InChI is InChI=1S/C16H22FNO3S/c17-14-3-1-13(2-4-14)16-9-15(19)11-18(16)10-12-5-7-22(20,21)8-6-12/h1-4,12,15-16,19H,5-11H2/t15-,16-/m0/s1. The van der Waals surface area contributed by atoms with Gasteiger partial charge in [-0.1, -0.05) is 12.1 Å². The fourth-order valence-corrected chi connectivity index (χ4v) is 5.15. The molecular formula is C16H22FNO3S. The van der Waals surface area contributed by atoms with Crippen molar-refractivity contribution in [2.75, 3.05) is 24.6 Å². The molecule has 0 spiro atoms. The smallest absolute Gasteiger partial charge is 0.150 e. The highest BCUT2D eigenvalue weighted by atomic mass is 32.2. The second-order valence-electron chi connectivity index (χ2n) is 6.51. The van der Waals surface area contributed by atoms with Gasteiger partial charge >= 0.3 is 0 Å². The number of aliphatic hydroxyl groups is 1. The summed E-state index contributed by atoms with van der Waals surface area (Å²) in [5, 5.41) is 9.99. The summed E-state index contributed by atoms with van der Waals surface area (Å²) in [7, 11) is -2.84. The van der Waals surface area contributed by atoms with E-state index in [0.29, 0.717) is 31.7 Å². The molecule has 0 saturated carbocycles. The lowest BCUT2D eigenvalue weighted by Gasteiger charge is -2.30. The Kier molecular flexibility index (Phi) is 4.52. The summed E-state index contributed by atoms with van der Waals surface area (Å²) in [5.74, 6) is 0.646. The second-order valence-corrected chi connectivity index (χ2v) is 8.81. The van der Waals surface area contributed by atoms with Gasteiger partial charge in [0, 0.05) is 19.1 Å². The van der Waals surface area contributed by atoms with Crippen molar-refractivity contribution in [3.8, 4) is 0 Å². The van der Waals surface area contributed by atoms with Crippen LogP contribution in [0.15, 0.2) is 24.3 Å². The van der Waals surface area contributed by atoms with Gasteiger partial charge in [-0.2, -0.15) is 0 Å². The van der Waals surface area contributed by atoms with E-state index < -0.39 is 9.84 Å². The van der Waals surface area contributed by atoms with Crippen LogP contribution in [0.5, 0.6) is 0 Å². The minimum atomic E-state index is -2.84. The summed E-state index contributed by atoms with van der Waals surface area (Å²) < 4.78 is 36.1. The Bertz CT molecular complexity index is 603. The molecular weight excluding hydrogens is 305 g/mol. The van der Waals surface area contributed by atoms with Gasteiger partial charge in [-0.25, -0.2) is 12.8 Å². The predicted octanol–water partition coefficient (Wildman–Crippen LogP) is 1.76. The van der Waals surface area contributed by atoms with Crippen LogP contribution >= 0.6 is 0 Å². The fraction of sp³-hybridized carbons (Fsp3) is 0.625. The molecule has 0 unspecified atom stereocenters. The first-order valence-corrected chi connectivity index (χ1v) is 9.63. The van der Waals surface area contributed by atoms with Crippen molar-refractivity contribution < 1.29 is 17.9 Å². The molecule has 0 bridgehead atoms. The predicted molar refractivity (Wildman–Crippen MR) is 82.7 cm³/mol. The van der Waals surface area contributed by atoms with Gasteiger partial charge in [0.05, 0.1) is 17.6 Å². The number of benzene rings is 1. The van der Waals surface area contributed by atoms with Crippen LogP contribution in [0.4, 0.5) is 4.39 Å². The molecule has 1 aromatic rings. The Morgan fingerprint density at radius 3 is 2.45 bits per heavy atom. The molecule has 6 heteroatoms. The minimum Gasteiger partial charge on any atom is -0.392 e. The molecule has 0 aliphatic carbocycles. The number of likely N-dealkylation sites (tertiary alicyclic amines) is 1. The van der Waals surface area contributed by atoms with Crippen molar-refractivity contribution in [3.63, 3.8) is 0 Å². The van der Waals surface area contributed by atoms with E-state index in [2.05, 4.69) is 4.90 Å². The van der Waals surface area contributed by atoms with E-state index in [0.717, 1.165) is 12.1 Å². The molecule has 2 fully saturated rings. The molecule has 2 heterocycles. The molecule has 1 aromatic carbocycles. The first-order valence-electron chi connectivity index (χ1n) is 7.81. The third-order valence-corrected chi connectivity index (χ3v) is 6.52. The molecule has 2 atom stereocenters. The number of aliphatic hydroxyl groups excluding tert-OH is 1. The number of rotatable bonds is 3. The highest BCUT2D eigenvalue weighted by Gasteiger charge is 2.34. The van der Waals surface area contributed by atoms with Crippen molar-refractivity contribution >= 4 is 9.84 Å². The Labute approximate surface area is 130 Å². The summed E-state index contributed by atoms with van der Waals surface area (Å²) >= 11 is 0. The fourth-order valence-electron chi connectivity index (χ4n) is 3.57. The summed E-state index contributed by atoms with van der Waals surface area (Å²) in [6.45, 7) is 1.40. The van der Waals surface area contributed by atoms with E-state index in [-0.39, 0.29) is 29.5 Å². The Hall–Kier alpha value is -0.980. The van der Waals surface area contributed by atoms with Crippen LogP contribution < -0.4 is 0 Å². The van der Waals surface area contributed by atoms with Crippen LogP contribution in [0.3, 0.4) is 0 Å². The van der Waals surface area contributed by atoms with Gasteiger partial charge < -0.3 is 5.11 Å². The topological polar surface area (TPSA) is 57.6 Å². The summed E-state index contributed by atoms with van der Waals surface area (Å²) in [6, 6.07) is 6.54. The van der Waals surface area contributed by atoms with Gasteiger partial charge in [0.1, 0.15) is 15.7 Å². The quantitative estimate of drug-likeness (QED) is 0.919. The number of hydrogen-bond donors (Lipinski definition) is 1. The minimum absolute atomic E-state index is 0.0918. The van der Waals surface area contributed by atoms with Gasteiger partial charge in [-0.15, -0.1) is 0 Å². The van der Waals surface area contributed by atoms with Gasteiger partial charge in [0.25, 0.3) is 0 Å². The van der Waals surface area contributed by atoms with Crippen molar-refractivity contribution in [3.05, 3.63) is 35.6 Å². The van der Waals surface area contributed by atoms with Crippen LogP contribution in [-0.4, -0.2) is 49.1 Å². The molecule has 1 N–H and O–H groups in total. The Balaban J connectivity index is 1.67. The largest absolute Gasteiger partial charge is 0.392 e. The van der Waals surface area contributed by atoms with Gasteiger partial charge in [-0.3, -0.25) is 4.90 Å². The lowest BCUT2D eigenvalue weighted by atomic mass is 9.99. The SMILES string of the molecule is O=S1(=O)CCC(CN2C[C@@H](O)C[C@H]2c2ccc(F)cc2)CC1. The first-order chi connectivity index (χ1) is 10.4.